The third-order valence-electron chi connectivity index (χ3n) is 3.88. The Bertz CT molecular complexity index is 538. The van der Waals surface area contributed by atoms with Crippen LogP contribution in [0, 0.1) is 0 Å². The van der Waals surface area contributed by atoms with Crippen LogP contribution in [-0.4, -0.2) is 14.7 Å². The van der Waals surface area contributed by atoms with Gasteiger partial charge < -0.3 is 9.67 Å². The number of hydrogen-bond donors (Lipinski definition) is 1. The van der Waals surface area contributed by atoms with E-state index in [9.17, 15) is 0 Å². The first-order valence-electron chi connectivity index (χ1n) is 6.35. The van der Waals surface area contributed by atoms with Gasteiger partial charge in [0.05, 0.1) is 17.6 Å². The highest BCUT2D eigenvalue weighted by Crippen LogP contribution is 2.34. The van der Waals surface area contributed by atoms with Crippen LogP contribution in [0.15, 0.2) is 18.2 Å². The van der Waals surface area contributed by atoms with E-state index < -0.39 is 0 Å². The molecule has 0 atom stereocenters. The van der Waals surface area contributed by atoms with Gasteiger partial charge in [-0.05, 0) is 30.5 Å². The van der Waals surface area contributed by atoms with Gasteiger partial charge in [-0.15, -0.1) is 0 Å². The maximum absolute atomic E-state index is 9.15. The van der Waals surface area contributed by atoms with Crippen molar-refractivity contribution in [3.05, 3.63) is 29.6 Å². The van der Waals surface area contributed by atoms with Crippen molar-refractivity contribution in [2.45, 2.75) is 38.2 Å². The lowest BCUT2D eigenvalue weighted by atomic mass is 10.1. The molecule has 1 heterocycles. The lowest BCUT2D eigenvalue weighted by molar-refractivity contribution is 0.282. The summed E-state index contributed by atoms with van der Waals surface area (Å²) >= 11 is 0. The number of imidazole rings is 1. The summed E-state index contributed by atoms with van der Waals surface area (Å²) in [4.78, 5) is 4.75. The summed E-state index contributed by atoms with van der Waals surface area (Å²) in [6.07, 6.45) is 5.19. The summed E-state index contributed by atoms with van der Waals surface area (Å²) in [6, 6.07) is 6.03. The fourth-order valence-corrected chi connectivity index (χ4v) is 2.91. The molecule has 0 amide bonds. The molecule has 0 saturated heterocycles. The highest BCUT2D eigenvalue weighted by Gasteiger charge is 2.22. The molecular formula is C14H18N2O. The Morgan fingerprint density at radius 3 is 2.82 bits per heavy atom. The van der Waals surface area contributed by atoms with Gasteiger partial charge in [-0.3, -0.25) is 0 Å². The molecule has 1 saturated carbocycles. The molecule has 1 aliphatic rings. The van der Waals surface area contributed by atoms with E-state index in [1.807, 2.05) is 12.1 Å². The highest BCUT2D eigenvalue weighted by molar-refractivity contribution is 5.77. The van der Waals surface area contributed by atoms with Crippen molar-refractivity contribution in [1.82, 2.24) is 9.55 Å². The van der Waals surface area contributed by atoms with E-state index >= 15 is 0 Å². The minimum absolute atomic E-state index is 0.0886. The van der Waals surface area contributed by atoms with Gasteiger partial charge in [0.2, 0.25) is 0 Å². The Labute approximate surface area is 101 Å². The third-order valence-corrected chi connectivity index (χ3v) is 3.88. The summed E-state index contributed by atoms with van der Waals surface area (Å²) in [5.41, 5.74) is 3.12. The summed E-state index contributed by atoms with van der Waals surface area (Å²) < 4.78 is 2.21. The van der Waals surface area contributed by atoms with Crippen molar-refractivity contribution in [3.8, 4) is 0 Å². The van der Waals surface area contributed by atoms with Crippen LogP contribution >= 0.6 is 0 Å². The number of aromatic nitrogens is 2. The fraction of sp³-hybridized carbons (Fsp3) is 0.500. The van der Waals surface area contributed by atoms with Crippen molar-refractivity contribution in [2.75, 3.05) is 0 Å². The van der Waals surface area contributed by atoms with Gasteiger partial charge in [-0.25, -0.2) is 4.98 Å². The second-order valence-electron chi connectivity index (χ2n) is 4.99. The van der Waals surface area contributed by atoms with Gasteiger partial charge in [0.25, 0.3) is 0 Å². The molecule has 17 heavy (non-hydrogen) atoms. The molecule has 3 nitrogen and oxygen atoms in total. The Morgan fingerprint density at radius 1 is 1.35 bits per heavy atom. The first-order valence-corrected chi connectivity index (χ1v) is 6.35. The quantitative estimate of drug-likeness (QED) is 0.861. The minimum atomic E-state index is 0.0886. The molecule has 1 aromatic carbocycles. The van der Waals surface area contributed by atoms with Crippen LogP contribution in [0.4, 0.5) is 0 Å². The normalized spacial score (nSPS) is 17.1. The molecule has 0 spiro atoms. The topological polar surface area (TPSA) is 38.0 Å². The Morgan fingerprint density at radius 2 is 2.12 bits per heavy atom. The average Bonchev–Trinajstić information content (AvgIpc) is 2.97. The number of nitrogens with zero attached hydrogens (tertiary/aromatic N) is 2. The lowest BCUT2D eigenvalue weighted by Gasteiger charge is -2.08. The number of aryl methyl sites for hydroxylation is 1. The fourth-order valence-electron chi connectivity index (χ4n) is 2.91. The highest BCUT2D eigenvalue weighted by atomic mass is 16.3. The molecule has 1 aliphatic carbocycles. The second-order valence-corrected chi connectivity index (χ2v) is 4.99. The van der Waals surface area contributed by atoms with E-state index in [1.165, 1.54) is 37.0 Å². The molecule has 1 N–H and O–H groups in total. The number of aliphatic hydroxyl groups excluding tert-OH is 1. The zero-order valence-corrected chi connectivity index (χ0v) is 10.2. The lowest BCUT2D eigenvalue weighted by Crippen LogP contribution is -2.02. The predicted octanol–water partition coefficient (Wildman–Crippen LogP) is 2.72. The van der Waals surface area contributed by atoms with Gasteiger partial charge in [0, 0.05) is 13.0 Å². The number of rotatable bonds is 2. The Kier molecular flexibility index (Phi) is 2.63. The van der Waals surface area contributed by atoms with Crippen molar-refractivity contribution in [1.29, 1.82) is 0 Å². The number of fused-ring (bicyclic) bond motifs is 1. The minimum Gasteiger partial charge on any atom is -0.392 e. The molecule has 2 aromatic rings. The third kappa shape index (κ3) is 1.75. The molecule has 0 aliphatic heterocycles. The van der Waals surface area contributed by atoms with Crippen LogP contribution in [0.2, 0.25) is 0 Å². The number of benzene rings is 1. The van der Waals surface area contributed by atoms with Gasteiger partial charge in [0.1, 0.15) is 5.82 Å². The van der Waals surface area contributed by atoms with Crippen LogP contribution in [0.1, 0.15) is 43.0 Å². The Balaban J connectivity index is 2.10. The molecule has 1 aromatic heterocycles. The molecule has 1 fully saturated rings. The SMILES string of the molecule is Cn1c(C2CCCC2)nc2cc(CO)ccc21. The molecule has 3 heteroatoms. The predicted molar refractivity (Wildman–Crippen MR) is 67.8 cm³/mol. The van der Waals surface area contributed by atoms with Crippen molar-refractivity contribution < 1.29 is 5.11 Å². The largest absolute Gasteiger partial charge is 0.392 e. The summed E-state index contributed by atoms with van der Waals surface area (Å²) in [6.45, 7) is 0.0886. The molecular weight excluding hydrogens is 212 g/mol. The van der Waals surface area contributed by atoms with Crippen LogP contribution in [-0.2, 0) is 13.7 Å². The average molecular weight is 230 g/mol. The van der Waals surface area contributed by atoms with E-state index in [2.05, 4.69) is 17.7 Å². The smallest absolute Gasteiger partial charge is 0.112 e. The van der Waals surface area contributed by atoms with Crippen molar-refractivity contribution in [2.24, 2.45) is 7.05 Å². The first kappa shape index (κ1) is 10.8. The standard InChI is InChI=1S/C14H18N2O/c1-16-13-7-6-10(9-17)8-12(13)15-14(16)11-4-2-3-5-11/h6-8,11,17H,2-5,9H2,1H3. The van der Waals surface area contributed by atoms with Gasteiger partial charge in [-0.1, -0.05) is 18.9 Å². The molecule has 0 bridgehead atoms. The van der Waals surface area contributed by atoms with Crippen molar-refractivity contribution >= 4 is 11.0 Å². The summed E-state index contributed by atoms with van der Waals surface area (Å²) in [7, 11) is 2.10. The molecule has 0 unspecified atom stereocenters. The number of hydrogen-bond acceptors (Lipinski definition) is 2. The van der Waals surface area contributed by atoms with E-state index in [4.69, 9.17) is 10.1 Å². The van der Waals surface area contributed by atoms with Gasteiger partial charge in [0.15, 0.2) is 0 Å². The first-order chi connectivity index (χ1) is 8.29. The molecule has 3 rings (SSSR count). The molecule has 0 radical (unpaired) electrons. The van der Waals surface area contributed by atoms with Crippen LogP contribution in [0.5, 0.6) is 0 Å². The van der Waals surface area contributed by atoms with Crippen molar-refractivity contribution in [3.63, 3.8) is 0 Å². The maximum Gasteiger partial charge on any atom is 0.112 e. The van der Waals surface area contributed by atoms with Gasteiger partial charge in [-0.2, -0.15) is 0 Å². The maximum atomic E-state index is 9.15. The van der Waals surface area contributed by atoms with E-state index in [1.54, 1.807) is 0 Å². The summed E-state index contributed by atoms with van der Waals surface area (Å²) in [5.74, 6) is 1.84. The zero-order chi connectivity index (χ0) is 11.8. The monoisotopic (exact) mass is 230 g/mol. The Hall–Kier alpha value is -1.35. The van der Waals surface area contributed by atoms with Gasteiger partial charge >= 0.3 is 0 Å². The number of aliphatic hydroxyl groups is 1. The second kappa shape index (κ2) is 4.15. The summed E-state index contributed by atoms with van der Waals surface area (Å²) in [5, 5.41) is 9.15. The van der Waals surface area contributed by atoms with Crippen LogP contribution in [0.3, 0.4) is 0 Å². The molecule has 90 valence electrons. The van der Waals surface area contributed by atoms with E-state index in [-0.39, 0.29) is 6.61 Å². The van der Waals surface area contributed by atoms with E-state index in [0.29, 0.717) is 5.92 Å². The van der Waals surface area contributed by atoms with Crippen LogP contribution in [0.25, 0.3) is 11.0 Å². The van der Waals surface area contributed by atoms with Crippen LogP contribution < -0.4 is 0 Å². The zero-order valence-electron chi connectivity index (χ0n) is 10.2. The van der Waals surface area contributed by atoms with E-state index in [0.717, 1.165) is 11.1 Å².